The molecule has 1 N–H and O–H groups in total. The number of amides is 1. The van der Waals surface area contributed by atoms with E-state index in [1.165, 1.54) is 23.1 Å². The topological polar surface area (TPSA) is 57.6 Å². The summed E-state index contributed by atoms with van der Waals surface area (Å²) in [4.78, 5) is 25.9. The number of aliphatic carboxylic acids is 1. The summed E-state index contributed by atoms with van der Waals surface area (Å²) < 4.78 is 0. The smallest absolute Gasteiger partial charge is 0.305 e. The van der Waals surface area contributed by atoms with Crippen molar-refractivity contribution in [3.05, 3.63) is 16.3 Å². The van der Waals surface area contributed by atoms with Gasteiger partial charge in [0, 0.05) is 18.0 Å². The van der Waals surface area contributed by atoms with Gasteiger partial charge in [-0.05, 0) is 24.6 Å². The lowest BCUT2D eigenvalue weighted by molar-refractivity contribution is -0.137. The molecule has 0 radical (unpaired) electrons. The van der Waals surface area contributed by atoms with Crippen molar-refractivity contribution in [1.82, 2.24) is 4.90 Å². The number of hydrogen-bond donors (Lipinski definition) is 1. The highest BCUT2D eigenvalue weighted by Gasteiger charge is 2.19. The van der Waals surface area contributed by atoms with Crippen LogP contribution < -0.4 is 0 Å². The standard InChI is InChI=1S/C11H15NO3S2/c1-3-12(6-4-9(13)14)11(15)10-8(16-2)5-7-17-10/h5,7H,3-4,6H2,1-2H3,(H,13,14). The fourth-order valence-electron chi connectivity index (χ4n) is 1.39. The average molecular weight is 273 g/mol. The van der Waals surface area contributed by atoms with E-state index in [1.807, 2.05) is 24.6 Å². The Morgan fingerprint density at radius 2 is 2.24 bits per heavy atom. The monoisotopic (exact) mass is 273 g/mol. The maximum Gasteiger partial charge on any atom is 0.305 e. The van der Waals surface area contributed by atoms with Crippen LogP contribution in [0, 0.1) is 0 Å². The Morgan fingerprint density at radius 1 is 1.53 bits per heavy atom. The highest BCUT2D eigenvalue weighted by atomic mass is 32.2. The second-order valence-corrected chi connectivity index (χ2v) is 5.11. The molecule has 1 rings (SSSR count). The first-order valence-electron chi connectivity index (χ1n) is 5.22. The molecule has 0 aliphatic heterocycles. The molecule has 0 saturated heterocycles. The van der Waals surface area contributed by atoms with Crippen LogP contribution in [0.15, 0.2) is 16.3 Å². The van der Waals surface area contributed by atoms with E-state index in [9.17, 15) is 9.59 Å². The molecule has 1 aromatic heterocycles. The number of carboxylic acids is 1. The van der Waals surface area contributed by atoms with Crippen LogP contribution >= 0.6 is 23.1 Å². The number of thiophene rings is 1. The Balaban J connectivity index is 2.75. The van der Waals surface area contributed by atoms with Gasteiger partial charge in [0.2, 0.25) is 0 Å². The minimum atomic E-state index is -0.882. The Morgan fingerprint density at radius 3 is 2.76 bits per heavy atom. The molecular formula is C11H15NO3S2. The number of rotatable bonds is 6. The SMILES string of the molecule is CCN(CCC(=O)O)C(=O)c1sccc1SC. The van der Waals surface area contributed by atoms with Gasteiger partial charge in [0.1, 0.15) is 4.88 Å². The van der Waals surface area contributed by atoms with Crippen LogP contribution in [0.2, 0.25) is 0 Å². The van der Waals surface area contributed by atoms with Crippen molar-refractivity contribution in [2.45, 2.75) is 18.2 Å². The predicted octanol–water partition coefficient (Wildman–Crippen LogP) is 2.41. The van der Waals surface area contributed by atoms with E-state index in [0.717, 1.165) is 4.90 Å². The number of carbonyl (C=O) groups excluding carboxylic acids is 1. The lowest BCUT2D eigenvalue weighted by atomic mass is 10.3. The van der Waals surface area contributed by atoms with Gasteiger partial charge >= 0.3 is 5.97 Å². The number of carbonyl (C=O) groups is 2. The van der Waals surface area contributed by atoms with E-state index in [0.29, 0.717) is 11.4 Å². The lowest BCUT2D eigenvalue weighted by Gasteiger charge is -2.19. The molecule has 1 heterocycles. The van der Waals surface area contributed by atoms with Crippen molar-refractivity contribution in [2.75, 3.05) is 19.3 Å². The molecule has 0 bridgehead atoms. The summed E-state index contributed by atoms with van der Waals surface area (Å²) in [5.41, 5.74) is 0. The molecule has 0 spiro atoms. The normalized spacial score (nSPS) is 10.2. The van der Waals surface area contributed by atoms with Gasteiger partial charge in [-0.15, -0.1) is 23.1 Å². The first-order chi connectivity index (χ1) is 8.10. The zero-order chi connectivity index (χ0) is 12.8. The number of nitrogens with zero attached hydrogens (tertiary/aromatic N) is 1. The van der Waals surface area contributed by atoms with Crippen molar-refractivity contribution in [3.63, 3.8) is 0 Å². The number of hydrogen-bond acceptors (Lipinski definition) is 4. The third kappa shape index (κ3) is 3.74. The fourth-order valence-corrected chi connectivity index (χ4v) is 3.10. The summed E-state index contributed by atoms with van der Waals surface area (Å²) in [7, 11) is 0. The molecule has 0 aliphatic carbocycles. The zero-order valence-corrected chi connectivity index (χ0v) is 11.4. The second-order valence-electron chi connectivity index (χ2n) is 3.35. The Kier molecular flexibility index (Phi) is 5.50. The summed E-state index contributed by atoms with van der Waals surface area (Å²) in [6.07, 6.45) is 1.91. The summed E-state index contributed by atoms with van der Waals surface area (Å²) in [6, 6.07) is 1.91. The Bertz CT molecular complexity index is 403. The van der Waals surface area contributed by atoms with E-state index in [4.69, 9.17) is 5.11 Å². The van der Waals surface area contributed by atoms with Crippen LogP contribution in [0.4, 0.5) is 0 Å². The van der Waals surface area contributed by atoms with Gasteiger partial charge in [-0.3, -0.25) is 9.59 Å². The average Bonchev–Trinajstić information content (AvgIpc) is 2.77. The zero-order valence-electron chi connectivity index (χ0n) is 9.80. The van der Waals surface area contributed by atoms with Gasteiger partial charge in [-0.1, -0.05) is 0 Å². The largest absolute Gasteiger partial charge is 0.481 e. The molecule has 0 aromatic carbocycles. The molecule has 0 saturated carbocycles. The van der Waals surface area contributed by atoms with Gasteiger partial charge in [0.05, 0.1) is 6.42 Å². The molecule has 94 valence electrons. The highest BCUT2D eigenvalue weighted by molar-refractivity contribution is 7.98. The quantitative estimate of drug-likeness (QED) is 0.809. The molecule has 6 heteroatoms. The summed E-state index contributed by atoms with van der Waals surface area (Å²) in [5.74, 6) is -0.958. The predicted molar refractivity (Wildman–Crippen MR) is 69.9 cm³/mol. The van der Waals surface area contributed by atoms with Crippen LogP contribution in [0.5, 0.6) is 0 Å². The van der Waals surface area contributed by atoms with Crippen LogP contribution in [-0.2, 0) is 4.79 Å². The molecule has 0 atom stereocenters. The Labute approximate surface area is 109 Å². The molecule has 17 heavy (non-hydrogen) atoms. The van der Waals surface area contributed by atoms with Crippen molar-refractivity contribution < 1.29 is 14.7 Å². The minimum Gasteiger partial charge on any atom is -0.481 e. The van der Waals surface area contributed by atoms with E-state index in [-0.39, 0.29) is 18.9 Å². The molecule has 1 amide bonds. The van der Waals surface area contributed by atoms with Crippen LogP contribution in [0.25, 0.3) is 0 Å². The van der Waals surface area contributed by atoms with Gasteiger partial charge in [0.15, 0.2) is 0 Å². The summed E-state index contributed by atoms with van der Waals surface area (Å²) >= 11 is 2.93. The highest BCUT2D eigenvalue weighted by Crippen LogP contribution is 2.26. The molecule has 4 nitrogen and oxygen atoms in total. The molecular weight excluding hydrogens is 258 g/mol. The fraction of sp³-hybridized carbons (Fsp3) is 0.455. The Hall–Kier alpha value is -1.01. The van der Waals surface area contributed by atoms with Gasteiger partial charge in [-0.2, -0.15) is 0 Å². The third-order valence-corrected chi connectivity index (χ3v) is 4.12. The van der Waals surface area contributed by atoms with E-state index in [2.05, 4.69) is 0 Å². The number of thioether (sulfide) groups is 1. The van der Waals surface area contributed by atoms with Gasteiger partial charge in [0.25, 0.3) is 5.91 Å². The molecule has 0 unspecified atom stereocenters. The second kappa shape index (κ2) is 6.66. The van der Waals surface area contributed by atoms with Crippen molar-refractivity contribution >= 4 is 35.0 Å². The first kappa shape index (κ1) is 14.1. The molecule has 0 aliphatic rings. The van der Waals surface area contributed by atoms with Crippen molar-refractivity contribution in [3.8, 4) is 0 Å². The van der Waals surface area contributed by atoms with Crippen LogP contribution in [0.3, 0.4) is 0 Å². The van der Waals surface area contributed by atoms with E-state index in [1.54, 1.807) is 4.90 Å². The number of carboxylic acid groups (broad SMARTS) is 1. The first-order valence-corrected chi connectivity index (χ1v) is 7.33. The summed E-state index contributed by atoms with van der Waals surface area (Å²) in [6.45, 7) is 2.64. The summed E-state index contributed by atoms with van der Waals surface area (Å²) in [5, 5.41) is 10.5. The van der Waals surface area contributed by atoms with Crippen LogP contribution in [0.1, 0.15) is 23.0 Å². The third-order valence-electron chi connectivity index (χ3n) is 2.31. The van der Waals surface area contributed by atoms with E-state index < -0.39 is 5.97 Å². The van der Waals surface area contributed by atoms with Gasteiger partial charge < -0.3 is 10.0 Å². The molecule has 0 fully saturated rings. The maximum atomic E-state index is 12.2. The lowest BCUT2D eigenvalue weighted by Crippen LogP contribution is -2.32. The molecule has 1 aromatic rings. The maximum absolute atomic E-state index is 12.2. The van der Waals surface area contributed by atoms with E-state index >= 15 is 0 Å². The van der Waals surface area contributed by atoms with Crippen LogP contribution in [-0.4, -0.2) is 41.2 Å². The van der Waals surface area contributed by atoms with Gasteiger partial charge in [-0.25, -0.2) is 0 Å². The van der Waals surface area contributed by atoms with Crippen molar-refractivity contribution in [1.29, 1.82) is 0 Å². The minimum absolute atomic E-state index is 0.0143. The van der Waals surface area contributed by atoms with Crippen molar-refractivity contribution in [2.24, 2.45) is 0 Å².